The van der Waals surface area contributed by atoms with Gasteiger partial charge in [0, 0.05) is 12.5 Å². The number of rotatable bonds is 4. The van der Waals surface area contributed by atoms with Crippen LogP contribution in [0.5, 0.6) is 0 Å². The first-order valence-electron chi connectivity index (χ1n) is 6.11. The number of benzene rings is 2. The summed E-state index contributed by atoms with van der Waals surface area (Å²) in [7, 11) is 0. The van der Waals surface area contributed by atoms with Crippen LogP contribution in [-0.2, 0) is 0 Å². The summed E-state index contributed by atoms with van der Waals surface area (Å²) in [6.07, 6.45) is -0.951. The lowest BCUT2D eigenvalue weighted by Gasteiger charge is -2.22. The summed E-state index contributed by atoms with van der Waals surface area (Å²) >= 11 is 3.06. The minimum Gasteiger partial charge on any atom is -0.388 e. The molecule has 0 aromatic heterocycles. The Morgan fingerprint density at radius 1 is 1.05 bits per heavy atom. The van der Waals surface area contributed by atoms with Crippen LogP contribution in [0.1, 0.15) is 23.1 Å². The van der Waals surface area contributed by atoms with Gasteiger partial charge in [0.15, 0.2) is 0 Å². The molecule has 0 aliphatic rings. The minimum absolute atomic E-state index is 0.171. The summed E-state index contributed by atoms with van der Waals surface area (Å²) < 4.78 is 26.8. The first-order chi connectivity index (χ1) is 9.52. The third-order valence-electron chi connectivity index (χ3n) is 3.22. The van der Waals surface area contributed by atoms with E-state index in [1.807, 2.05) is 0 Å². The molecule has 3 N–H and O–H groups in total. The second-order valence-corrected chi connectivity index (χ2v) is 5.37. The highest BCUT2D eigenvalue weighted by molar-refractivity contribution is 9.10. The summed E-state index contributed by atoms with van der Waals surface area (Å²) in [5.74, 6) is -1.22. The molecule has 20 heavy (non-hydrogen) atoms. The molecule has 5 heteroatoms. The predicted octanol–water partition coefficient (Wildman–Crippen LogP) is 3.50. The molecule has 0 radical (unpaired) electrons. The molecule has 2 rings (SSSR count). The lowest BCUT2D eigenvalue weighted by molar-refractivity contribution is 0.147. The van der Waals surface area contributed by atoms with E-state index in [2.05, 4.69) is 15.9 Å². The fourth-order valence-electron chi connectivity index (χ4n) is 2.09. The van der Waals surface area contributed by atoms with Gasteiger partial charge in [-0.3, -0.25) is 0 Å². The van der Waals surface area contributed by atoms with Gasteiger partial charge < -0.3 is 10.8 Å². The molecule has 2 atom stereocenters. The summed E-state index contributed by atoms with van der Waals surface area (Å²) in [6, 6.07) is 10.2. The molecule has 0 aliphatic heterocycles. The molecule has 2 aromatic rings. The van der Waals surface area contributed by atoms with Crippen LogP contribution in [0, 0.1) is 11.6 Å². The van der Waals surface area contributed by atoms with E-state index < -0.39 is 17.8 Å². The van der Waals surface area contributed by atoms with Gasteiger partial charge >= 0.3 is 0 Å². The fourth-order valence-corrected chi connectivity index (χ4v) is 2.33. The average Bonchev–Trinajstić information content (AvgIpc) is 2.44. The maximum absolute atomic E-state index is 13.5. The second-order valence-electron chi connectivity index (χ2n) is 4.51. The molecule has 0 saturated carbocycles. The normalized spacial score (nSPS) is 14.1. The molecule has 0 fully saturated rings. The number of halogens is 3. The largest absolute Gasteiger partial charge is 0.388 e. The Hall–Kier alpha value is -1.30. The Labute approximate surface area is 124 Å². The number of hydrogen-bond acceptors (Lipinski definition) is 2. The maximum Gasteiger partial charge on any atom is 0.137 e. The Bertz CT molecular complexity index is 589. The predicted molar refractivity (Wildman–Crippen MR) is 77.3 cm³/mol. The van der Waals surface area contributed by atoms with E-state index in [-0.39, 0.29) is 12.4 Å². The van der Waals surface area contributed by atoms with Crippen molar-refractivity contribution >= 4 is 15.9 Å². The molecule has 2 nitrogen and oxygen atoms in total. The average molecular weight is 342 g/mol. The number of aliphatic hydroxyl groups excluding tert-OH is 1. The summed E-state index contributed by atoms with van der Waals surface area (Å²) in [6.45, 7) is 0.171. The van der Waals surface area contributed by atoms with Crippen LogP contribution in [0.25, 0.3) is 0 Å². The summed E-state index contributed by atoms with van der Waals surface area (Å²) in [4.78, 5) is 0. The Morgan fingerprint density at radius 2 is 1.65 bits per heavy atom. The number of hydrogen-bond donors (Lipinski definition) is 2. The Balaban J connectivity index is 2.30. The van der Waals surface area contributed by atoms with Crippen molar-refractivity contribution in [2.45, 2.75) is 12.0 Å². The molecule has 0 spiro atoms. The van der Waals surface area contributed by atoms with Crippen molar-refractivity contribution in [1.29, 1.82) is 0 Å². The van der Waals surface area contributed by atoms with E-state index >= 15 is 0 Å². The first kappa shape index (κ1) is 15.1. The van der Waals surface area contributed by atoms with Crippen molar-refractivity contribution in [2.24, 2.45) is 5.73 Å². The van der Waals surface area contributed by atoms with Crippen LogP contribution in [0.4, 0.5) is 8.78 Å². The second kappa shape index (κ2) is 6.43. The van der Waals surface area contributed by atoms with Gasteiger partial charge in [-0.2, -0.15) is 0 Å². The van der Waals surface area contributed by atoms with Crippen molar-refractivity contribution in [3.8, 4) is 0 Å². The fraction of sp³-hybridized carbons (Fsp3) is 0.200. The van der Waals surface area contributed by atoms with Gasteiger partial charge in [-0.05, 0) is 51.3 Å². The third kappa shape index (κ3) is 3.23. The van der Waals surface area contributed by atoms with Crippen LogP contribution in [-0.4, -0.2) is 11.7 Å². The molecule has 106 valence electrons. The molecule has 0 saturated heterocycles. The molecular weight excluding hydrogens is 328 g/mol. The highest BCUT2D eigenvalue weighted by Gasteiger charge is 2.22. The lowest BCUT2D eigenvalue weighted by Crippen LogP contribution is -2.20. The zero-order valence-electron chi connectivity index (χ0n) is 10.6. The quantitative estimate of drug-likeness (QED) is 0.893. The minimum atomic E-state index is -0.951. The zero-order chi connectivity index (χ0) is 14.7. The van der Waals surface area contributed by atoms with Crippen LogP contribution in [0.15, 0.2) is 46.9 Å². The topological polar surface area (TPSA) is 46.2 Å². The van der Waals surface area contributed by atoms with Crippen molar-refractivity contribution < 1.29 is 13.9 Å². The van der Waals surface area contributed by atoms with Crippen molar-refractivity contribution in [2.75, 3.05) is 6.54 Å². The van der Waals surface area contributed by atoms with Gasteiger partial charge in [0.1, 0.15) is 11.6 Å². The lowest BCUT2D eigenvalue weighted by atomic mass is 9.89. The number of aliphatic hydroxyl groups is 1. The molecule has 0 bridgehead atoms. The highest BCUT2D eigenvalue weighted by atomic mass is 79.9. The molecule has 0 amide bonds. The van der Waals surface area contributed by atoms with Gasteiger partial charge in [-0.25, -0.2) is 8.78 Å². The zero-order valence-corrected chi connectivity index (χ0v) is 12.1. The van der Waals surface area contributed by atoms with E-state index in [0.717, 1.165) is 0 Å². The van der Waals surface area contributed by atoms with E-state index in [0.29, 0.717) is 15.6 Å². The monoisotopic (exact) mass is 341 g/mol. The van der Waals surface area contributed by atoms with Crippen molar-refractivity contribution in [3.05, 3.63) is 69.7 Å². The number of nitrogens with two attached hydrogens (primary N) is 1. The molecular formula is C15H14BrF2NO. The molecule has 0 aliphatic carbocycles. The smallest absolute Gasteiger partial charge is 0.137 e. The summed E-state index contributed by atoms with van der Waals surface area (Å²) in [5, 5.41) is 10.4. The van der Waals surface area contributed by atoms with Gasteiger partial charge in [-0.15, -0.1) is 0 Å². The summed E-state index contributed by atoms with van der Waals surface area (Å²) in [5.41, 5.74) is 6.84. The van der Waals surface area contributed by atoms with Crippen LogP contribution < -0.4 is 5.73 Å². The molecule has 2 aromatic carbocycles. The van der Waals surface area contributed by atoms with E-state index in [9.17, 15) is 13.9 Å². The Kier molecular flexibility index (Phi) is 4.86. The SMILES string of the molecule is NCC(c1ccc(F)cc1)C(O)c1ccc(Br)c(F)c1. The standard InChI is InChI=1S/C15H14BrF2NO/c16-13-6-3-10(7-14(13)18)15(20)12(8-19)9-1-4-11(17)5-2-9/h1-7,12,15,20H,8,19H2. The van der Waals surface area contributed by atoms with Crippen LogP contribution >= 0.6 is 15.9 Å². The first-order valence-corrected chi connectivity index (χ1v) is 6.90. The van der Waals surface area contributed by atoms with Gasteiger partial charge in [0.25, 0.3) is 0 Å². The van der Waals surface area contributed by atoms with Crippen molar-refractivity contribution in [3.63, 3.8) is 0 Å². The molecule has 2 unspecified atom stereocenters. The van der Waals surface area contributed by atoms with E-state index in [4.69, 9.17) is 5.73 Å². The van der Waals surface area contributed by atoms with Crippen molar-refractivity contribution in [1.82, 2.24) is 0 Å². The van der Waals surface area contributed by atoms with E-state index in [1.165, 1.54) is 24.3 Å². The van der Waals surface area contributed by atoms with Gasteiger partial charge in [0.2, 0.25) is 0 Å². The maximum atomic E-state index is 13.5. The highest BCUT2D eigenvalue weighted by Crippen LogP contribution is 2.31. The van der Waals surface area contributed by atoms with Gasteiger partial charge in [0.05, 0.1) is 10.6 Å². The van der Waals surface area contributed by atoms with Crippen LogP contribution in [0.2, 0.25) is 0 Å². The third-order valence-corrected chi connectivity index (χ3v) is 3.86. The van der Waals surface area contributed by atoms with Crippen LogP contribution in [0.3, 0.4) is 0 Å². The Morgan fingerprint density at radius 3 is 2.20 bits per heavy atom. The molecule has 0 heterocycles. The van der Waals surface area contributed by atoms with Gasteiger partial charge in [-0.1, -0.05) is 18.2 Å². The van der Waals surface area contributed by atoms with E-state index in [1.54, 1.807) is 18.2 Å².